The Balaban J connectivity index is 2.82. The molecule has 5 heteroatoms. The molecule has 1 atom stereocenters. The first-order valence-corrected chi connectivity index (χ1v) is 3.47. The molecule has 0 bridgehead atoms. The Kier molecular flexibility index (Phi) is 5.19. The molecule has 4 nitrogen and oxygen atoms in total. The van der Waals surface area contributed by atoms with Gasteiger partial charge in [0.25, 0.3) is 0 Å². The molecule has 0 rings (SSSR count). The third kappa shape index (κ3) is 6.03. The molecule has 0 aliphatic heterocycles. The lowest BCUT2D eigenvalue weighted by molar-refractivity contribution is 0.529. The standard InChI is InChI=1S/C3H10N2O2S/c1-4-5-2-3-8(6)7/h4-5H,2-3H2,1H3,(H,6,7)/p-1. The topological polar surface area (TPSA) is 64.2 Å². The summed E-state index contributed by atoms with van der Waals surface area (Å²) in [4.78, 5) is 0. The van der Waals surface area contributed by atoms with Gasteiger partial charge in [-0.25, -0.2) is 0 Å². The van der Waals surface area contributed by atoms with Crippen molar-refractivity contribution in [3.63, 3.8) is 0 Å². The van der Waals surface area contributed by atoms with Gasteiger partial charge in [0, 0.05) is 12.3 Å². The third-order valence-corrected chi connectivity index (χ3v) is 1.11. The predicted octanol–water partition coefficient (Wildman–Crippen LogP) is -1.41. The quantitative estimate of drug-likeness (QED) is 0.284. The van der Waals surface area contributed by atoms with E-state index in [1.54, 1.807) is 7.05 Å². The molecule has 8 heavy (non-hydrogen) atoms. The Morgan fingerprint density at radius 2 is 2.38 bits per heavy atom. The van der Waals surface area contributed by atoms with Crippen molar-refractivity contribution in [2.75, 3.05) is 19.3 Å². The number of rotatable bonds is 4. The van der Waals surface area contributed by atoms with Crippen LogP contribution in [0.3, 0.4) is 0 Å². The zero-order valence-electron chi connectivity index (χ0n) is 4.64. The van der Waals surface area contributed by atoms with Crippen molar-refractivity contribution in [3.8, 4) is 0 Å². The average Bonchev–Trinajstić information content (AvgIpc) is 1.66. The van der Waals surface area contributed by atoms with E-state index in [1.165, 1.54) is 0 Å². The lowest BCUT2D eigenvalue weighted by Gasteiger charge is -2.03. The van der Waals surface area contributed by atoms with Gasteiger partial charge in [0.05, 0.1) is 0 Å². The van der Waals surface area contributed by atoms with Crippen LogP contribution in [0.4, 0.5) is 0 Å². The minimum absolute atomic E-state index is 0.154. The minimum Gasteiger partial charge on any atom is -0.772 e. The normalized spacial score (nSPS) is 13.8. The van der Waals surface area contributed by atoms with E-state index in [0.717, 1.165) is 0 Å². The van der Waals surface area contributed by atoms with E-state index in [2.05, 4.69) is 10.9 Å². The first-order valence-electron chi connectivity index (χ1n) is 2.23. The second-order valence-corrected chi connectivity index (χ2v) is 2.20. The summed E-state index contributed by atoms with van der Waals surface area (Å²) in [6.45, 7) is 0.451. The summed E-state index contributed by atoms with van der Waals surface area (Å²) < 4.78 is 19.6. The first kappa shape index (κ1) is 8.03. The highest BCUT2D eigenvalue weighted by molar-refractivity contribution is 7.79. The number of hydrazine groups is 1. The third-order valence-electron chi connectivity index (χ3n) is 0.571. The molecule has 50 valence electrons. The summed E-state index contributed by atoms with van der Waals surface area (Å²) in [6.07, 6.45) is 0. The van der Waals surface area contributed by atoms with Crippen molar-refractivity contribution in [3.05, 3.63) is 0 Å². The van der Waals surface area contributed by atoms with Gasteiger partial charge in [-0.05, 0) is 7.05 Å². The fraction of sp³-hybridized carbons (Fsp3) is 1.00. The van der Waals surface area contributed by atoms with Crippen LogP contribution in [-0.2, 0) is 11.1 Å². The molecule has 0 aromatic heterocycles. The van der Waals surface area contributed by atoms with Gasteiger partial charge in [-0.1, -0.05) is 11.1 Å². The molecule has 1 unspecified atom stereocenters. The zero-order chi connectivity index (χ0) is 6.41. The Hall–Kier alpha value is 0.0300. The van der Waals surface area contributed by atoms with Gasteiger partial charge in [-0.2, -0.15) is 0 Å². The fourth-order valence-corrected chi connectivity index (χ4v) is 0.528. The Morgan fingerprint density at radius 1 is 1.75 bits per heavy atom. The smallest absolute Gasteiger partial charge is 0.0241 e. The molecular formula is C3H9N2O2S-. The molecular weight excluding hydrogens is 128 g/mol. The van der Waals surface area contributed by atoms with E-state index >= 15 is 0 Å². The van der Waals surface area contributed by atoms with Gasteiger partial charge in [-0.15, -0.1) is 0 Å². The monoisotopic (exact) mass is 137 g/mol. The number of hydrogen-bond donors (Lipinski definition) is 2. The molecule has 0 saturated heterocycles. The summed E-state index contributed by atoms with van der Waals surface area (Å²) in [6, 6.07) is 0. The van der Waals surface area contributed by atoms with Gasteiger partial charge in [0.1, 0.15) is 0 Å². The van der Waals surface area contributed by atoms with E-state index in [0.29, 0.717) is 6.54 Å². The molecule has 0 aliphatic carbocycles. The van der Waals surface area contributed by atoms with Crippen LogP contribution in [0.2, 0.25) is 0 Å². The van der Waals surface area contributed by atoms with Gasteiger partial charge >= 0.3 is 0 Å². The second-order valence-electron chi connectivity index (χ2n) is 1.18. The molecule has 0 fully saturated rings. The lowest BCUT2D eigenvalue weighted by Crippen LogP contribution is -2.31. The molecule has 0 aliphatic rings. The summed E-state index contributed by atoms with van der Waals surface area (Å²) >= 11 is -1.92. The molecule has 0 heterocycles. The summed E-state index contributed by atoms with van der Waals surface area (Å²) in [7, 11) is 1.69. The van der Waals surface area contributed by atoms with Crippen LogP contribution in [0.25, 0.3) is 0 Å². The van der Waals surface area contributed by atoms with Crippen molar-refractivity contribution >= 4 is 11.1 Å². The molecule has 2 N–H and O–H groups in total. The molecule has 0 amide bonds. The van der Waals surface area contributed by atoms with E-state index in [-0.39, 0.29) is 5.75 Å². The molecule has 0 spiro atoms. The molecule has 0 aromatic rings. The van der Waals surface area contributed by atoms with E-state index in [4.69, 9.17) is 0 Å². The van der Waals surface area contributed by atoms with Crippen LogP contribution in [0.5, 0.6) is 0 Å². The maximum Gasteiger partial charge on any atom is 0.0241 e. The highest BCUT2D eigenvalue weighted by atomic mass is 32.2. The Bertz CT molecular complexity index is 77.7. The fourth-order valence-electron chi connectivity index (χ4n) is 0.259. The Labute approximate surface area is 50.9 Å². The van der Waals surface area contributed by atoms with Crippen LogP contribution < -0.4 is 10.9 Å². The zero-order valence-corrected chi connectivity index (χ0v) is 5.46. The van der Waals surface area contributed by atoms with Crippen molar-refractivity contribution in [2.45, 2.75) is 0 Å². The lowest BCUT2D eigenvalue weighted by atomic mass is 10.8. The van der Waals surface area contributed by atoms with E-state index in [1.807, 2.05) is 0 Å². The predicted molar refractivity (Wildman–Crippen MR) is 30.8 cm³/mol. The van der Waals surface area contributed by atoms with Crippen molar-refractivity contribution in [1.82, 2.24) is 10.9 Å². The largest absolute Gasteiger partial charge is 0.772 e. The van der Waals surface area contributed by atoms with Crippen LogP contribution in [0.15, 0.2) is 0 Å². The minimum atomic E-state index is -1.92. The summed E-state index contributed by atoms with van der Waals surface area (Å²) in [5, 5.41) is 0. The average molecular weight is 137 g/mol. The van der Waals surface area contributed by atoms with Crippen molar-refractivity contribution < 1.29 is 8.76 Å². The Morgan fingerprint density at radius 3 is 2.75 bits per heavy atom. The maximum atomic E-state index is 9.81. The van der Waals surface area contributed by atoms with Crippen LogP contribution in [0.1, 0.15) is 0 Å². The first-order chi connectivity index (χ1) is 3.77. The highest BCUT2D eigenvalue weighted by Crippen LogP contribution is 1.66. The molecule has 0 radical (unpaired) electrons. The highest BCUT2D eigenvalue weighted by Gasteiger charge is 1.80. The van der Waals surface area contributed by atoms with Gasteiger partial charge in [0.15, 0.2) is 0 Å². The second kappa shape index (κ2) is 5.17. The van der Waals surface area contributed by atoms with Gasteiger partial charge in [0.2, 0.25) is 0 Å². The maximum absolute atomic E-state index is 9.81. The van der Waals surface area contributed by atoms with E-state index < -0.39 is 11.1 Å². The van der Waals surface area contributed by atoms with Crippen molar-refractivity contribution in [2.24, 2.45) is 0 Å². The SMILES string of the molecule is CNNCCS(=O)[O-]. The van der Waals surface area contributed by atoms with Gasteiger partial charge < -0.3 is 4.55 Å². The number of nitrogens with one attached hydrogen (secondary N) is 2. The summed E-state index contributed by atoms with van der Waals surface area (Å²) in [5.41, 5.74) is 5.24. The molecule has 0 saturated carbocycles. The van der Waals surface area contributed by atoms with Gasteiger partial charge in [-0.3, -0.25) is 15.1 Å². The summed E-state index contributed by atoms with van der Waals surface area (Å²) in [5.74, 6) is 0.154. The van der Waals surface area contributed by atoms with Crippen LogP contribution >= 0.6 is 0 Å². The van der Waals surface area contributed by atoms with E-state index in [9.17, 15) is 8.76 Å². The van der Waals surface area contributed by atoms with Crippen LogP contribution in [0, 0.1) is 0 Å². The van der Waals surface area contributed by atoms with Crippen LogP contribution in [-0.4, -0.2) is 28.1 Å². The number of hydrogen-bond acceptors (Lipinski definition) is 4. The molecule has 0 aromatic carbocycles. The van der Waals surface area contributed by atoms with Crippen molar-refractivity contribution in [1.29, 1.82) is 0 Å².